The quantitative estimate of drug-likeness (QED) is 0.146. The molecule has 2 aromatic rings. The van der Waals surface area contributed by atoms with Crippen LogP contribution in [0.15, 0.2) is 48.5 Å². The molecule has 0 fully saturated rings. The molecule has 0 aliphatic rings. The van der Waals surface area contributed by atoms with Crippen molar-refractivity contribution >= 4 is 30.3 Å². The van der Waals surface area contributed by atoms with E-state index in [4.69, 9.17) is 27.2 Å². The zero-order valence-corrected chi connectivity index (χ0v) is 22.9. The summed E-state index contributed by atoms with van der Waals surface area (Å²) in [7, 11) is -1.55. The zero-order valence-electron chi connectivity index (χ0n) is 22.9. The van der Waals surface area contributed by atoms with Gasteiger partial charge in [0.15, 0.2) is 0 Å². The maximum atomic E-state index is 12.1. The molecule has 0 aliphatic heterocycles. The van der Waals surface area contributed by atoms with Crippen molar-refractivity contribution in [2.75, 3.05) is 32.7 Å². The monoisotopic (exact) mass is 582 g/mol. The third kappa shape index (κ3) is 14.1. The summed E-state index contributed by atoms with van der Waals surface area (Å²) < 4.78 is 35.8. The first kappa shape index (κ1) is 35.5. The normalized spacial score (nSPS) is 11.5. The Morgan fingerprint density at radius 2 is 1.51 bits per heavy atom. The van der Waals surface area contributed by atoms with Gasteiger partial charge in [0.05, 0.1) is 18.2 Å². The molecular formula is C26H38BF3N6O5. The molecule has 3 amide bonds. The lowest BCUT2D eigenvalue weighted by atomic mass is 9.80. The molecule has 2 aromatic carbocycles. The van der Waals surface area contributed by atoms with Gasteiger partial charge in [-0.2, -0.15) is 13.2 Å². The van der Waals surface area contributed by atoms with Gasteiger partial charge in [0.1, 0.15) is 0 Å². The van der Waals surface area contributed by atoms with Crippen molar-refractivity contribution in [3.63, 3.8) is 0 Å². The SMILES string of the molecule is Cc1ccc(C(F)(F)F)cc1.NCCN(CCN)C(=O)CCC(N)C(=O)NCC(=O)NCc1ccc(B(O)O)cc1. The van der Waals surface area contributed by atoms with Crippen LogP contribution < -0.4 is 33.3 Å². The maximum Gasteiger partial charge on any atom is 0.488 e. The van der Waals surface area contributed by atoms with E-state index in [1.54, 1.807) is 19.1 Å². The molecule has 1 unspecified atom stereocenters. The van der Waals surface area contributed by atoms with Gasteiger partial charge in [-0.15, -0.1) is 0 Å². The molecule has 11 nitrogen and oxygen atoms in total. The topological polar surface area (TPSA) is 197 Å². The third-order valence-electron chi connectivity index (χ3n) is 5.73. The number of hydrogen-bond donors (Lipinski definition) is 7. The van der Waals surface area contributed by atoms with Crippen molar-refractivity contribution in [3.05, 3.63) is 65.2 Å². The van der Waals surface area contributed by atoms with Gasteiger partial charge in [-0.05, 0) is 36.5 Å². The van der Waals surface area contributed by atoms with E-state index in [0.29, 0.717) is 31.6 Å². The minimum Gasteiger partial charge on any atom is -0.423 e. The Kier molecular flexibility index (Phi) is 15.6. The minimum absolute atomic E-state index is 0.0827. The number of aryl methyl sites for hydroxylation is 1. The third-order valence-corrected chi connectivity index (χ3v) is 5.73. The Balaban J connectivity index is 0.000000634. The van der Waals surface area contributed by atoms with Gasteiger partial charge in [0, 0.05) is 39.1 Å². The van der Waals surface area contributed by atoms with Crippen LogP contribution in [0, 0.1) is 6.92 Å². The first-order valence-corrected chi connectivity index (χ1v) is 12.8. The van der Waals surface area contributed by atoms with Crippen molar-refractivity contribution < 1.29 is 37.6 Å². The van der Waals surface area contributed by atoms with E-state index in [1.165, 1.54) is 29.2 Å². The maximum absolute atomic E-state index is 12.1. The van der Waals surface area contributed by atoms with Crippen molar-refractivity contribution in [1.82, 2.24) is 15.5 Å². The molecule has 0 aliphatic carbocycles. The van der Waals surface area contributed by atoms with E-state index < -0.39 is 36.7 Å². The molecule has 0 heterocycles. The molecule has 0 radical (unpaired) electrons. The van der Waals surface area contributed by atoms with Gasteiger partial charge >= 0.3 is 13.3 Å². The van der Waals surface area contributed by atoms with E-state index in [-0.39, 0.29) is 31.8 Å². The highest BCUT2D eigenvalue weighted by Crippen LogP contribution is 2.28. The Bertz CT molecular complexity index is 1080. The standard InChI is InChI=1S/C18H31BN6O5.C8H7F3/c20-7-9-25(10-8-21)17(27)6-5-15(22)18(28)24-12-16(26)23-11-13-1-3-14(4-2-13)19(29)30;1-6-2-4-7(5-3-6)8(9,10)11/h1-4,15,29-30H,5-12,20-22H2,(H,23,26)(H,24,28);2-5H,1H3. The summed E-state index contributed by atoms with van der Waals surface area (Å²) in [6.07, 6.45) is -3.99. The number of rotatable bonds is 13. The average Bonchev–Trinajstić information content (AvgIpc) is 2.93. The molecule has 15 heteroatoms. The molecular weight excluding hydrogens is 544 g/mol. The second-order valence-corrected chi connectivity index (χ2v) is 9.08. The highest BCUT2D eigenvalue weighted by atomic mass is 19.4. The van der Waals surface area contributed by atoms with Gasteiger partial charge in [-0.1, -0.05) is 42.0 Å². The van der Waals surface area contributed by atoms with Crippen LogP contribution in [-0.4, -0.2) is 78.6 Å². The summed E-state index contributed by atoms with van der Waals surface area (Å²) in [6, 6.07) is 10.5. The van der Waals surface area contributed by atoms with E-state index in [9.17, 15) is 27.6 Å². The van der Waals surface area contributed by atoms with Crippen LogP contribution in [0.2, 0.25) is 0 Å². The summed E-state index contributed by atoms with van der Waals surface area (Å²) in [5, 5.41) is 23.2. The highest BCUT2D eigenvalue weighted by Gasteiger charge is 2.29. The predicted molar refractivity (Wildman–Crippen MR) is 149 cm³/mol. The second-order valence-electron chi connectivity index (χ2n) is 9.08. The van der Waals surface area contributed by atoms with Crippen molar-refractivity contribution in [2.45, 2.75) is 38.5 Å². The fourth-order valence-corrected chi connectivity index (χ4v) is 3.35. The first-order chi connectivity index (χ1) is 19.3. The van der Waals surface area contributed by atoms with Gasteiger partial charge in [0.2, 0.25) is 17.7 Å². The Hall–Kier alpha value is -3.50. The van der Waals surface area contributed by atoms with Crippen molar-refractivity contribution in [1.29, 1.82) is 0 Å². The Labute approximate surface area is 237 Å². The Morgan fingerprint density at radius 3 is 2.00 bits per heavy atom. The predicted octanol–water partition coefficient (Wildman–Crippen LogP) is -1.03. The fourth-order valence-electron chi connectivity index (χ4n) is 3.35. The van der Waals surface area contributed by atoms with Crippen molar-refractivity contribution in [3.8, 4) is 0 Å². The lowest BCUT2D eigenvalue weighted by Crippen LogP contribution is -2.45. The van der Waals surface area contributed by atoms with E-state index in [1.807, 2.05) is 0 Å². The van der Waals surface area contributed by atoms with E-state index in [0.717, 1.165) is 23.3 Å². The number of alkyl halides is 3. The highest BCUT2D eigenvalue weighted by molar-refractivity contribution is 6.58. The van der Waals surface area contributed by atoms with Crippen molar-refractivity contribution in [2.24, 2.45) is 17.2 Å². The number of carbonyl (C=O) groups is 3. The number of benzene rings is 2. The number of carbonyl (C=O) groups excluding carboxylic acids is 3. The summed E-state index contributed by atoms with van der Waals surface area (Å²) in [4.78, 5) is 37.6. The van der Waals surface area contributed by atoms with Gasteiger partial charge < -0.3 is 42.8 Å². The van der Waals surface area contributed by atoms with Crippen LogP contribution in [0.5, 0.6) is 0 Å². The van der Waals surface area contributed by atoms with Crippen LogP contribution in [0.4, 0.5) is 13.2 Å². The first-order valence-electron chi connectivity index (χ1n) is 12.8. The lowest BCUT2D eigenvalue weighted by molar-refractivity contribution is -0.137. The second kappa shape index (κ2) is 18.0. The van der Waals surface area contributed by atoms with Crippen LogP contribution in [0.25, 0.3) is 0 Å². The molecule has 10 N–H and O–H groups in total. The number of nitrogens with two attached hydrogens (primary N) is 3. The summed E-state index contributed by atoms with van der Waals surface area (Å²) in [6.45, 7) is 3.14. The molecule has 1 atom stereocenters. The van der Waals surface area contributed by atoms with E-state index in [2.05, 4.69) is 10.6 Å². The average molecular weight is 582 g/mol. The molecule has 226 valence electrons. The number of nitrogens with zero attached hydrogens (tertiary/aromatic N) is 1. The summed E-state index contributed by atoms with van der Waals surface area (Å²) >= 11 is 0. The molecule has 2 rings (SSSR count). The molecule has 0 saturated heterocycles. The molecule has 0 spiro atoms. The Morgan fingerprint density at radius 1 is 0.951 bits per heavy atom. The van der Waals surface area contributed by atoms with Gasteiger partial charge in [-0.25, -0.2) is 0 Å². The smallest absolute Gasteiger partial charge is 0.423 e. The van der Waals surface area contributed by atoms with Gasteiger partial charge in [0.25, 0.3) is 0 Å². The number of halogens is 3. The number of amides is 3. The summed E-state index contributed by atoms with van der Waals surface area (Å²) in [5.41, 5.74) is 18.1. The molecule has 0 bridgehead atoms. The van der Waals surface area contributed by atoms with Crippen LogP contribution in [0.3, 0.4) is 0 Å². The fraction of sp³-hybridized carbons (Fsp3) is 0.423. The number of nitrogens with one attached hydrogen (secondary N) is 2. The number of hydrogen-bond acceptors (Lipinski definition) is 8. The van der Waals surface area contributed by atoms with E-state index >= 15 is 0 Å². The minimum atomic E-state index is -4.21. The van der Waals surface area contributed by atoms with Crippen LogP contribution >= 0.6 is 0 Å². The lowest BCUT2D eigenvalue weighted by Gasteiger charge is -2.22. The summed E-state index contributed by atoms with van der Waals surface area (Å²) in [5.74, 6) is -1.11. The van der Waals surface area contributed by atoms with Gasteiger partial charge in [-0.3, -0.25) is 14.4 Å². The van der Waals surface area contributed by atoms with Crippen LogP contribution in [0.1, 0.15) is 29.5 Å². The zero-order chi connectivity index (χ0) is 31.0. The largest absolute Gasteiger partial charge is 0.488 e. The molecule has 41 heavy (non-hydrogen) atoms. The molecule has 0 saturated carbocycles. The van der Waals surface area contributed by atoms with Crippen LogP contribution in [-0.2, 0) is 27.1 Å². The molecule has 0 aromatic heterocycles.